The molecule has 2 N–H and O–H groups in total. The molecule has 0 bridgehead atoms. The van der Waals surface area contributed by atoms with Crippen molar-refractivity contribution in [1.29, 1.82) is 0 Å². The molecule has 0 saturated heterocycles. The smallest absolute Gasteiger partial charge is 0.124 e. The molecule has 0 aliphatic heterocycles. The van der Waals surface area contributed by atoms with Crippen LogP contribution in [0.3, 0.4) is 0 Å². The summed E-state index contributed by atoms with van der Waals surface area (Å²) < 4.78 is 5.42. The molecule has 0 radical (unpaired) electrons. The Morgan fingerprint density at radius 2 is 2.00 bits per heavy atom. The molecule has 1 aromatic rings. The molecule has 4 heteroatoms. The number of ether oxygens (including phenoxy) is 1. The second-order valence-electron chi connectivity index (χ2n) is 4.80. The fourth-order valence-electron chi connectivity index (χ4n) is 2.17. The Morgan fingerprint density at radius 3 is 2.44 bits per heavy atom. The molecule has 0 aromatic heterocycles. The van der Waals surface area contributed by atoms with Gasteiger partial charge in [0.1, 0.15) is 5.75 Å². The number of hydrogen-bond acceptors (Lipinski definition) is 3. The van der Waals surface area contributed by atoms with Gasteiger partial charge in [-0.25, -0.2) is 0 Å². The minimum atomic E-state index is -0.168. The minimum absolute atomic E-state index is 0.00870. The van der Waals surface area contributed by atoms with Crippen LogP contribution in [-0.4, -0.2) is 24.9 Å². The third kappa shape index (κ3) is 3.16. The largest absolute Gasteiger partial charge is 0.496 e. The summed E-state index contributed by atoms with van der Waals surface area (Å²) in [6, 6.07) is 2.01. The van der Waals surface area contributed by atoms with Crippen molar-refractivity contribution >= 4 is 11.6 Å². The normalized spacial score (nSPS) is 12.9. The molecular formula is C14H22ClNO2. The lowest BCUT2D eigenvalue weighted by Crippen LogP contribution is -2.31. The number of hydrogen-bond donors (Lipinski definition) is 2. The molecule has 102 valence electrons. The minimum Gasteiger partial charge on any atom is -0.496 e. The van der Waals surface area contributed by atoms with E-state index in [9.17, 15) is 5.11 Å². The van der Waals surface area contributed by atoms with Crippen LogP contribution in [0.25, 0.3) is 0 Å². The van der Waals surface area contributed by atoms with Gasteiger partial charge in [0.05, 0.1) is 19.8 Å². The highest BCUT2D eigenvalue weighted by Crippen LogP contribution is 2.35. The fraction of sp³-hybridized carbons (Fsp3) is 0.571. The lowest BCUT2D eigenvalue weighted by Gasteiger charge is -2.24. The van der Waals surface area contributed by atoms with Gasteiger partial charge in [0.25, 0.3) is 0 Å². The number of aliphatic hydroxyl groups is 1. The Morgan fingerprint density at radius 1 is 1.39 bits per heavy atom. The molecule has 0 aliphatic carbocycles. The number of nitrogens with one attached hydrogen (secondary N) is 1. The first kappa shape index (κ1) is 15.3. The third-order valence-electron chi connectivity index (χ3n) is 2.98. The molecule has 1 unspecified atom stereocenters. The lowest BCUT2D eigenvalue weighted by atomic mass is 9.97. The molecule has 0 heterocycles. The van der Waals surface area contributed by atoms with E-state index in [1.165, 1.54) is 0 Å². The van der Waals surface area contributed by atoms with Crippen LogP contribution in [0.4, 0.5) is 0 Å². The zero-order valence-electron chi connectivity index (χ0n) is 11.7. The zero-order valence-corrected chi connectivity index (χ0v) is 12.4. The standard InChI is InChI=1S/C14H22ClNO2/c1-8(2)16-11(7-17)13-10(4)14(15)9(3)6-12(13)18-5/h6,8,11,16-17H,7H2,1-5H3. The van der Waals surface area contributed by atoms with Crippen molar-refractivity contribution in [2.45, 2.75) is 39.8 Å². The maximum Gasteiger partial charge on any atom is 0.124 e. The van der Waals surface area contributed by atoms with Gasteiger partial charge in [0.15, 0.2) is 0 Å². The van der Waals surface area contributed by atoms with Gasteiger partial charge in [0, 0.05) is 16.6 Å². The first-order valence-corrected chi connectivity index (χ1v) is 6.50. The molecule has 18 heavy (non-hydrogen) atoms. The summed E-state index contributed by atoms with van der Waals surface area (Å²) in [5.41, 5.74) is 2.88. The molecule has 1 atom stereocenters. The van der Waals surface area contributed by atoms with E-state index < -0.39 is 0 Å². The molecule has 0 fully saturated rings. The average molecular weight is 272 g/mol. The summed E-state index contributed by atoms with van der Waals surface area (Å²) in [6.45, 7) is 8.00. The quantitative estimate of drug-likeness (QED) is 0.865. The van der Waals surface area contributed by atoms with Gasteiger partial charge in [-0.2, -0.15) is 0 Å². The Kier molecular flexibility index (Phi) is 5.45. The van der Waals surface area contributed by atoms with E-state index in [4.69, 9.17) is 16.3 Å². The van der Waals surface area contributed by atoms with Crippen molar-refractivity contribution in [1.82, 2.24) is 5.32 Å². The van der Waals surface area contributed by atoms with Crippen LogP contribution in [0.1, 0.15) is 36.6 Å². The maximum absolute atomic E-state index is 9.57. The van der Waals surface area contributed by atoms with E-state index in [1.54, 1.807) is 7.11 Å². The second kappa shape index (κ2) is 6.41. The molecule has 0 spiro atoms. The second-order valence-corrected chi connectivity index (χ2v) is 5.18. The van der Waals surface area contributed by atoms with Crippen LogP contribution in [0.2, 0.25) is 5.02 Å². The molecular weight excluding hydrogens is 250 g/mol. The van der Waals surface area contributed by atoms with E-state index in [2.05, 4.69) is 5.32 Å². The van der Waals surface area contributed by atoms with Crippen LogP contribution in [0.5, 0.6) is 5.75 Å². The average Bonchev–Trinajstić information content (AvgIpc) is 2.33. The third-order valence-corrected chi connectivity index (χ3v) is 3.56. The van der Waals surface area contributed by atoms with Crippen molar-refractivity contribution in [3.05, 3.63) is 27.8 Å². The van der Waals surface area contributed by atoms with Crippen LogP contribution >= 0.6 is 11.6 Å². The molecule has 0 saturated carbocycles. The Bertz CT molecular complexity index is 419. The zero-order chi connectivity index (χ0) is 13.9. The molecule has 0 aliphatic rings. The monoisotopic (exact) mass is 271 g/mol. The molecule has 1 aromatic carbocycles. The van der Waals surface area contributed by atoms with Crippen LogP contribution in [0.15, 0.2) is 6.07 Å². The fourth-order valence-corrected chi connectivity index (χ4v) is 2.32. The highest BCUT2D eigenvalue weighted by molar-refractivity contribution is 6.32. The van der Waals surface area contributed by atoms with E-state index in [-0.39, 0.29) is 18.7 Å². The molecule has 0 amide bonds. The number of halogens is 1. The van der Waals surface area contributed by atoms with Crippen molar-refractivity contribution in [2.24, 2.45) is 0 Å². The highest BCUT2D eigenvalue weighted by atomic mass is 35.5. The van der Waals surface area contributed by atoms with E-state index in [1.807, 2.05) is 33.8 Å². The summed E-state index contributed by atoms with van der Waals surface area (Å²) >= 11 is 6.28. The summed E-state index contributed by atoms with van der Waals surface area (Å²) in [5, 5.41) is 13.6. The van der Waals surface area contributed by atoms with E-state index in [0.29, 0.717) is 0 Å². The van der Waals surface area contributed by atoms with Gasteiger partial charge in [-0.15, -0.1) is 0 Å². The van der Waals surface area contributed by atoms with Gasteiger partial charge >= 0.3 is 0 Å². The topological polar surface area (TPSA) is 41.5 Å². The van der Waals surface area contributed by atoms with Crippen LogP contribution < -0.4 is 10.1 Å². The highest BCUT2D eigenvalue weighted by Gasteiger charge is 2.21. The van der Waals surface area contributed by atoms with E-state index in [0.717, 1.165) is 27.5 Å². The summed E-state index contributed by atoms with van der Waals surface area (Å²) in [5.74, 6) is 0.765. The van der Waals surface area contributed by atoms with Crippen LogP contribution in [0, 0.1) is 13.8 Å². The molecule has 1 rings (SSSR count). The first-order chi connectivity index (χ1) is 8.42. The Hall–Kier alpha value is -0.770. The number of aryl methyl sites for hydroxylation is 1. The summed E-state index contributed by atoms with van der Waals surface area (Å²) in [7, 11) is 1.63. The van der Waals surface area contributed by atoms with Gasteiger partial charge in [-0.05, 0) is 31.0 Å². The van der Waals surface area contributed by atoms with Crippen molar-refractivity contribution in [2.75, 3.05) is 13.7 Å². The maximum atomic E-state index is 9.57. The molecule has 3 nitrogen and oxygen atoms in total. The van der Waals surface area contributed by atoms with Gasteiger partial charge in [0.2, 0.25) is 0 Å². The van der Waals surface area contributed by atoms with Gasteiger partial charge in [-0.3, -0.25) is 0 Å². The van der Waals surface area contributed by atoms with Crippen LogP contribution in [-0.2, 0) is 0 Å². The first-order valence-electron chi connectivity index (χ1n) is 6.12. The summed E-state index contributed by atoms with van der Waals surface area (Å²) in [6.07, 6.45) is 0. The predicted molar refractivity (Wildman–Crippen MR) is 75.6 cm³/mol. The number of aliphatic hydroxyl groups excluding tert-OH is 1. The van der Waals surface area contributed by atoms with E-state index >= 15 is 0 Å². The summed E-state index contributed by atoms with van der Waals surface area (Å²) in [4.78, 5) is 0. The van der Waals surface area contributed by atoms with Crippen molar-refractivity contribution in [3.63, 3.8) is 0 Å². The SMILES string of the molecule is COc1cc(C)c(Cl)c(C)c1C(CO)NC(C)C. The van der Waals surface area contributed by atoms with Gasteiger partial charge in [-0.1, -0.05) is 25.4 Å². The predicted octanol–water partition coefficient (Wildman–Crippen LogP) is 3.00. The lowest BCUT2D eigenvalue weighted by molar-refractivity contribution is 0.233. The number of benzene rings is 1. The Balaban J connectivity index is 3.31. The van der Waals surface area contributed by atoms with Crippen molar-refractivity contribution < 1.29 is 9.84 Å². The number of rotatable bonds is 5. The Labute approximate surface area is 114 Å². The number of methoxy groups -OCH3 is 1. The van der Waals surface area contributed by atoms with Gasteiger partial charge < -0.3 is 15.2 Å². The van der Waals surface area contributed by atoms with Crippen molar-refractivity contribution in [3.8, 4) is 5.75 Å².